The molecule has 1 fully saturated rings. The number of nitrogens with zero attached hydrogens (tertiary/aromatic N) is 2. The third kappa shape index (κ3) is 2.52. The van der Waals surface area contributed by atoms with Crippen molar-refractivity contribution in [1.29, 1.82) is 0 Å². The van der Waals surface area contributed by atoms with E-state index in [-0.39, 0.29) is 11.2 Å². The standard InChI is InChI=1S/C11H16BrN3O2/c1-11(17-2)4-3-5-15(6-11)9-8(12)10(16)14-7-13-9/h7H,3-6H2,1-2H3,(H,13,14,16). The lowest BCUT2D eigenvalue weighted by molar-refractivity contribution is -0.00485. The highest BCUT2D eigenvalue weighted by Gasteiger charge is 2.32. The molecule has 1 atom stereocenters. The van der Waals surface area contributed by atoms with E-state index in [9.17, 15) is 4.79 Å². The van der Waals surface area contributed by atoms with Crippen LogP contribution in [0.25, 0.3) is 0 Å². The maximum Gasteiger partial charge on any atom is 0.267 e. The van der Waals surface area contributed by atoms with E-state index in [1.54, 1.807) is 7.11 Å². The molecule has 0 radical (unpaired) electrons. The molecule has 0 saturated carbocycles. The molecule has 0 spiro atoms. The molecule has 1 unspecified atom stereocenters. The van der Waals surface area contributed by atoms with Crippen LogP contribution < -0.4 is 10.5 Å². The van der Waals surface area contributed by atoms with Gasteiger partial charge in [0.25, 0.3) is 5.56 Å². The van der Waals surface area contributed by atoms with Crippen molar-refractivity contribution in [1.82, 2.24) is 9.97 Å². The third-order valence-corrected chi connectivity index (χ3v) is 3.94. The van der Waals surface area contributed by atoms with Crippen molar-refractivity contribution in [3.63, 3.8) is 0 Å². The van der Waals surface area contributed by atoms with Crippen molar-refractivity contribution in [3.8, 4) is 0 Å². The Morgan fingerprint density at radius 2 is 2.41 bits per heavy atom. The monoisotopic (exact) mass is 301 g/mol. The highest BCUT2D eigenvalue weighted by Crippen LogP contribution is 2.29. The second-order valence-electron chi connectivity index (χ2n) is 4.55. The number of rotatable bonds is 2. The van der Waals surface area contributed by atoms with Crippen LogP contribution in [0.15, 0.2) is 15.6 Å². The van der Waals surface area contributed by atoms with E-state index in [2.05, 4.69) is 37.7 Å². The molecule has 17 heavy (non-hydrogen) atoms. The number of methoxy groups -OCH3 is 1. The van der Waals surface area contributed by atoms with Crippen molar-refractivity contribution in [2.75, 3.05) is 25.1 Å². The number of nitrogens with one attached hydrogen (secondary N) is 1. The quantitative estimate of drug-likeness (QED) is 0.900. The van der Waals surface area contributed by atoms with Crippen LogP contribution in [0.3, 0.4) is 0 Å². The molecule has 1 aromatic rings. The van der Waals surface area contributed by atoms with E-state index in [0.29, 0.717) is 10.3 Å². The second-order valence-corrected chi connectivity index (χ2v) is 5.34. The van der Waals surface area contributed by atoms with Crippen LogP contribution in [0.5, 0.6) is 0 Å². The first kappa shape index (κ1) is 12.6. The number of halogens is 1. The summed E-state index contributed by atoms with van der Waals surface area (Å²) in [5.41, 5.74) is -0.318. The maximum absolute atomic E-state index is 11.5. The average Bonchev–Trinajstić information content (AvgIpc) is 2.33. The maximum atomic E-state index is 11.5. The van der Waals surface area contributed by atoms with Gasteiger partial charge in [0.15, 0.2) is 0 Å². The van der Waals surface area contributed by atoms with Crippen molar-refractivity contribution < 1.29 is 4.74 Å². The zero-order valence-electron chi connectivity index (χ0n) is 9.99. The van der Waals surface area contributed by atoms with Gasteiger partial charge in [0, 0.05) is 20.2 Å². The minimum Gasteiger partial charge on any atom is -0.377 e. The number of hydrogen-bond donors (Lipinski definition) is 1. The van der Waals surface area contributed by atoms with Crippen molar-refractivity contribution in [2.45, 2.75) is 25.4 Å². The average molecular weight is 302 g/mol. The molecule has 1 saturated heterocycles. The molecule has 0 bridgehead atoms. The van der Waals surface area contributed by atoms with Gasteiger partial charge in [0.05, 0.1) is 11.9 Å². The molecule has 1 aliphatic heterocycles. The summed E-state index contributed by atoms with van der Waals surface area (Å²) in [7, 11) is 1.73. The Bertz CT molecular complexity index is 462. The summed E-state index contributed by atoms with van der Waals surface area (Å²) in [5, 5.41) is 0. The Morgan fingerprint density at radius 3 is 3.12 bits per heavy atom. The fourth-order valence-electron chi connectivity index (χ4n) is 2.15. The third-order valence-electron chi connectivity index (χ3n) is 3.23. The number of aromatic amines is 1. The minimum absolute atomic E-state index is 0.153. The van der Waals surface area contributed by atoms with Gasteiger partial charge in [0.1, 0.15) is 10.3 Å². The van der Waals surface area contributed by atoms with Crippen molar-refractivity contribution in [2.24, 2.45) is 0 Å². The van der Waals surface area contributed by atoms with E-state index < -0.39 is 0 Å². The summed E-state index contributed by atoms with van der Waals surface area (Å²) in [5.74, 6) is 0.691. The van der Waals surface area contributed by atoms with Crippen molar-refractivity contribution in [3.05, 3.63) is 21.2 Å². The second kappa shape index (κ2) is 4.78. The van der Waals surface area contributed by atoms with E-state index in [4.69, 9.17) is 4.74 Å². The summed E-state index contributed by atoms with van der Waals surface area (Å²) in [6.45, 7) is 3.73. The van der Waals surface area contributed by atoms with Gasteiger partial charge in [-0.2, -0.15) is 0 Å². The first-order chi connectivity index (χ1) is 8.06. The molecule has 2 rings (SSSR count). The summed E-state index contributed by atoms with van der Waals surface area (Å²) in [6.07, 6.45) is 3.49. The molecule has 2 heterocycles. The Morgan fingerprint density at radius 1 is 1.65 bits per heavy atom. The number of H-pyrrole nitrogens is 1. The number of ether oxygens (including phenoxy) is 1. The lowest BCUT2D eigenvalue weighted by Crippen LogP contribution is -2.48. The molecule has 0 aromatic carbocycles. The topological polar surface area (TPSA) is 58.2 Å². The highest BCUT2D eigenvalue weighted by molar-refractivity contribution is 9.10. The molecule has 0 amide bonds. The summed E-state index contributed by atoms with van der Waals surface area (Å²) in [4.78, 5) is 20.4. The van der Waals surface area contributed by atoms with Gasteiger partial charge in [-0.25, -0.2) is 4.98 Å². The van der Waals surface area contributed by atoms with E-state index in [1.807, 2.05) is 0 Å². The van der Waals surface area contributed by atoms with Gasteiger partial charge in [0.2, 0.25) is 0 Å². The predicted octanol–water partition coefficient (Wildman–Crippen LogP) is 1.54. The zero-order valence-corrected chi connectivity index (χ0v) is 11.6. The SMILES string of the molecule is COC1(C)CCCN(c2nc[nH]c(=O)c2Br)C1. The normalized spacial score (nSPS) is 25.0. The predicted molar refractivity (Wildman–Crippen MR) is 69.4 cm³/mol. The first-order valence-corrected chi connectivity index (χ1v) is 6.38. The molecule has 1 N–H and O–H groups in total. The van der Waals surface area contributed by atoms with Crippen LogP contribution in [-0.2, 0) is 4.74 Å². The van der Waals surface area contributed by atoms with Gasteiger partial charge in [-0.3, -0.25) is 4.79 Å². The number of piperidine rings is 1. The Kier molecular flexibility index (Phi) is 3.53. The van der Waals surface area contributed by atoms with Gasteiger partial charge in [-0.15, -0.1) is 0 Å². The highest BCUT2D eigenvalue weighted by atomic mass is 79.9. The molecule has 1 aromatic heterocycles. The Balaban J connectivity index is 2.28. The number of aromatic nitrogens is 2. The number of hydrogen-bond acceptors (Lipinski definition) is 4. The first-order valence-electron chi connectivity index (χ1n) is 5.59. The summed E-state index contributed by atoms with van der Waals surface area (Å²) >= 11 is 3.29. The van der Waals surface area contributed by atoms with Crippen LogP contribution in [0, 0.1) is 0 Å². The molecule has 1 aliphatic rings. The lowest BCUT2D eigenvalue weighted by atomic mass is 9.95. The van der Waals surface area contributed by atoms with Crippen LogP contribution in [0.4, 0.5) is 5.82 Å². The minimum atomic E-state index is -0.165. The lowest BCUT2D eigenvalue weighted by Gasteiger charge is -2.40. The van der Waals surface area contributed by atoms with Gasteiger partial charge in [-0.1, -0.05) is 0 Å². The van der Waals surface area contributed by atoms with Gasteiger partial charge in [-0.05, 0) is 35.7 Å². The molecule has 0 aliphatic carbocycles. The zero-order chi connectivity index (χ0) is 12.5. The molecule has 5 nitrogen and oxygen atoms in total. The smallest absolute Gasteiger partial charge is 0.267 e. The van der Waals surface area contributed by atoms with Crippen LogP contribution in [0.1, 0.15) is 19.8 Å². The largest absolute Gasteiger partial charge is 0.377 e. The molecular weight excluding hydrogens is 286 g/mol. The van der Waals surface area contributed by atoms with E-state index in [0.717, 1.165) is 25.9 Å². The molecular formula is C11H16BrN3O2. The van der Waals surface area contributed by atoms with Crippen LogP contribution in [-0.4, -0.2) is 35.8 Å². The molecule has 6 heteroatoms. The van der Waals surface area contributed by atoms with Gasteiger partial charge < -0.3 is 14.6 Å². The Hall–Kier alpha value is -0.880. The van der Waals surface area contributed by atoms with E-state index in [1.165, 1.54) is 6.33 Å². The van der Waals surface area contributed by atoms with Crippen LogP contribution >= 0.6 is 15.9 Å². The fraction of sp³-hybridized carbons (Fsp3) is 0.636. The van der Waals surface area contributed by atoms with Crippen molar-refractivity contribution >= 4 is 21.7 Å². The Labute approximate surface area is 108 Å². The summed E-state index contributed by atoms with van der Waals surface area (Å²) in [6, 6.07) is 0. The van der Waals surface area contributed by atoms with Gasteiger partial charge >= 0.3 is 0 Å². The number of anilines is 1. The molecule has 94 valence electrons. The fourth-order valence-corrected chi connectivity index (χ4v) is 2.61. The van der Waals surface area contributed by atoms with Crippen LogP contribution in [0.2, 0.25) is 0 Å². The summed E-state index contributed by atoms with van der Waals surface area (Å²) < 4.78 is 6.02. The van der Waals surface area contributed by atoms with E-state index >= 15 is 0 Å².